The number of hydrogen-bond acceptors (Lipinski definition) is 12. The Labute approximate surface area is 173 Å². The highest BCUT2D eigenvalue weighted by Crippen LogP contribution is 2.66. The van der Waals surface area contributed by atoms with Crippen LogP contribution in [0.3, 0.4) is 0 Å². The fourth-order valence-electron chi connectivity index (χ4n) is 2.82. The molecule has 17 nitrogen and oxygen atoms in total. The zero-order valence-electron chi connectivity index (χ0n) is 15.6. The topological polar surface area (TPSA) is 248 Å². The van der Waals surface area contributed by atoms with Crippen LogP contribution >= 0.6 is 23.5 Å². The standard InChI is InChI=1S/C11H18N5O12P3/c1-24-7-2-6(3-25-30(20,21)28-31(22,23)27-29(17,18)19)26-11(7)16-5-15-8-9(12)13-4-14-10(8)16/h4-7,11H,2-3H2,1H3,(H,20,21)(H,22,23)(H2,12,13,14)(H2,17,18,19)/t6-,7+,11+/m0/s1. The summed E-state index contributed by atoms with van der Waals surface area (Å²) in [5, 5.41) is 0. The summed E-state index contributed by atoms with van der Waals surface area (Å²) in [5.74, 6) is 0.153. The quantitative estimate of drug-likeness (QED) is 0.282. The molecule has 20 heteroatoms. The molecule has 0 aliphatic carbocycles. The maximum absolute atomic E-state index is 11.9. The van der Waals surface area contributed by atoms with Gasteiger partial charge in [0.15, 0.2) is 17.7 Å². The number of anilines is 1. The molecule has 2 aromatic rings. The van der Waals surface area contributed by atoms with Crippen LogP contribution in [-0.4, -0.2) is 65.0 Å². The average Bonchev–Trinajstić information content (AvgIpc) is 3.21. The second-order valence-corrected chi connectivity index (χ2v) is 10.5. The van der Waals surface area contributed by atoms with Crippen molar-refractivity contribution >= 4 is 40.4 Å². The third-order valence-electron chi connectivity index (χ3n) is 3.95. The molecular weight excluding hydrogens is 487 g/mol. The lowest BCUT2D eigenvalue weighted by atomic mass is 10.2. The van der Waals surface area contributed by atoms with Gasteiger partial charge in [0.2, 0.25) is 0 Å². The van der Waals surface area contributed by atoms with Gasteiger partial charge in [-0.25, -0.2) is 28.6 Å². The summed E-state index contributed by atoms with van der Waals surface area (Å²) in [6.07, 6.45) is 0.603. The number of methoxy groups -OCH3 is 1. The lowest BCUT2D eigenvalue weighted by molar-refractivity contribution is -0.0577. The van der Waals surface area contributed by atoms with E-state index in [1.54, 1.807) is 0 Å². The number of nitrogens with two attached hydrogens (primary N) is 1. The van der Waals surface area contributed by atoms with E-state index in [1.165, 1.54) is 24.3 Å². The molecule has 31 heavy (non-hydrogen) atoms. The van der Waals surface area contributed by atoms with Crippen LogP contribution in [0.1, 0.15) is 12.6 Å². The van der Waals surface area contributed by atoms with Crippen molar-refractivity contribution in [1.29, 1.82) is 0 Å². The van der Waals surface area contributed by atoms with Crippen LogP contribution in [-0.2, 0) is 36.3 Å². The summed E-state index contributed by atoms with van der Waals surface area (Å²) in [6, 6.07) is 0. The smallest absolute Gasteiger partial charge is 0.382 e. The van der Waals surface area contributed by atoms with Crippen molar-refractivity contribution in [3.05, 3.63) is 12.7 Å². The van der Waals surface area contributed by atoms with Gasteiger partial charge in [0, 0.05) is 13.5 Å². The molecule has 2 aromatic heterocycles. The monoisotopic (exact) mass is 505 g/mol. The van der Waals surface area contributed by atoms with Gasteiger partial charge < -0.3 is 34.8 Å². The third-order valence-corrected chi connectivity index (χ3v) is 7.75. The van der Waals surface area contributed by atoms with Crippen molar-refractivity contribution in [3.8, 4) is 0 Å². The Bertz CT molecular complexity index is 1090. The molecule has 174 valence electrons. The highest BCUT2D eigenvalue weighted by atomic mass is 31.3. The second-order valence-electron chi connectivity index (χ2n) is 6.13. The Morgan fingerprint density at radius 2 is 1.87 bits per heavy atom. The number of aromatic nitrogens is 4. The van der Waals surface area contributed by atoms with E-state index in [0.717, 1.165) is 0 Å². The number of ether oxygens (including phenoxy) is 2. The lowest BCUT2D eigenvalue weighted by Gasteiger charge is -2.19. The van der Waals surface area contributed by atoms with Crippen molar-refractivity contribution in [2.75, 3.05) is 19.5 Å². The van der Waals surface area contributed by atoms with E-state index in [9.17, 15) is 23.5 Å². The number of imidazole rings is 1. The Morgan fingerprint density at radius 3 is 2.52 bits per heavy atom. The zero-order chi connectivity index (χ0) is 23.0. The van der Waals surface area contributed by atoms with Gasteiger partial charge in [-0.2, -0.15) is 8.62 Å². The Kier molecular flexibility index (Phi) is 6.99. The van der Waals surface area contributed by atoms with Gasteiger partial charge in [-0.3, -0.25) is 9.09 Å². The van der Waals surface area contributed by atoms with E-state index in [-0.39, 0.29) is 12.2 Å². The molecule has 1 aliphatic heterocycles. The van der Waals surface area contributed by atoms with E-state index in [1.807, 2.05) is 0 Å². The summed E-state index contributed by atoms with van der Waals surface area (Å²) in [7, 11) is -14.9. The van der Waals surface area contributed by atoms with Gasteiger partial charge in [-0.15, -0.1) is 0 Å². The van der Waals surface area contributed by atoms with E-state index in [0.29, 0.717) is 11.2 Å². The molecule has 3 heterocycles. The second kappa shape index (κ2) is 8.90. The van der Waals surface area contributed by atoms with E-state index in [4.69, 9.17) is 25.0 Å². The van der Waals surface area contributed by atoms with Crippen LogP contribution < -0.4 is 5.73 Å². The predicted octanol–water partition coefficient (Wildman–Crippen LogP) is 0.0543. The maximum atomic E-state index is 11.9. The fraction of sp³-hybridized carbons (Fsp3) is 0.545. The molecule has 3 rings (SSSR count). The molecule has 5 atom stereocenters. The number of hydrogen-bond donors (Lipinski definition) is 5. The van der Waals surface area contributed by atoms with E-state index in [2.05, 4.69) is 28.1 Å². The van der Waals surface area contributed by atoms with Crippen LogP contribution in [0.5, 0.6) is 0 Å². The maximum Gasteiger partial charge on any atom is 0.490 e. The molecule has 0 radical (unpaired) electrons. The van der Waals surface area contributed by atoms with Crippen LogP contribution in [0, 0.1) is 0 Å². The minimum atomic E-state index is -5.60. The molecule has 1 saturated heterocycles. The van der Waals surface area contributed by atoms with E-state index < -0.39 is 48.5 Å². The molecule has 0 aromatic carbocycles. The van der Waals surface area contributed by atoms with Gasteiger partial charge in [-0.1, -0.05) is 0 Å². The first-order chi connectivity index (χ1) is 14.3. The summed E-state index contributed by atoms with van der Waals surface area (Å²) < 4.78 is 58.4. The number of nitrogens with zero attached hydrogens (tertiary/aromatic N) is 4. The minimum absolute atomic E-state index is 0.153. The number of fused-ring (bicyclic) bond motifs is 1. The molecule has 6 N–H and O–H groups in total. The molecule has 1 fully saturated rings. The van der Waals surface area contributed by atoms with Crippen molar-refractivity contribution in [3.63, 3.8) is 0 Å². The van der Waals surface area contributed by atoms with Gasteiger partial charge >= 0.3 is 23.5 Å². The molecule has 0 spiro atoms. The molecular formula is C11H18N5O12P3. The number of phosphoric acid groups is 3. The van der Waals surface area contributed by atoms with Crippen LogP contribution in [0.2, 0.25) is 0 Å². The largest absolute Gasteiger partial charge is 0.490 e. The predicted molar refractivity (Wildman–Crippen MR) is 98.9 cm³/mol. The highest BCUT2D eigenvalue weighted by molar-refractivity contribution is 7.66. The lowest BCUT2D eigenvalue weighted by Crippen LogP contribution is -2.21. The summed E-state index contributed by atoms with van der Waals surface area (Å²) in [4.78, 5) is 47.8. The Hall–Kier alpha value is -1.32. The van der Waals surface area contributed by atoms with Crippen molar-refractivity contribution in [1.82, 2.24) is 19.5 Å². The number of phosphoric ester groups is 1. The third kappa shape index (κ3) is 6.14. The average molecular weight is 505 g/mol. The Morgan fingerprint density at radius 1 is 1.16 bits per heavy atom. The molecule has 0 bridgehead atoms. The van der Waals surface area contributed by atoms with Crippen LogP contribution in [0.15, 0.2) is 12.7 Å². The molecule has 0 saturated carbocycles. The Balaban J connectivity index is 1.67. The number of rotatable bonds is 9. The van der Waals surface area contributed by atoms with Gasteiger partial charge in [0.1, 0.15) is 17.9 Å². The molecule has 1 aliphatic rings. The van der Waals surface area contributed by atoms with Crippen LogP contribution in [0.25, 0.3) is 11.2 Å². The van der Waals surface area contributed by atoms with Crippen molar-refractivity contribution in [2.45, 2.75) is 24.9 Å². The normalized spacial score (nSPS) is 26.0. The molecule has 0 amide bonds. The van der Waals surface area contributed by atoms with Gasteiger partial charge in [0.05, 0.1) is 19.0 Å². The highest BCUT2D eigenvalue weighted by Gasteiger charge is 2.43. The van der Waals surface area contributed by atoms with Crippen molar-refractivity contribution < 1.29 is 55.9 Å². The summed E-state index contributed by atoms with van der Waals surface area (Å²) >= 11 is 0. The first-order valence-corrected chi connectivity index (χ1v) is 12.7. The minimum Gasteiger partial charge on any atom is -0.382 e. The summed E-state index contributed by atoms with van der Waals surface area (Å²) in [5.41, 5.74) is 6.44. The first kappa shape index (κ1) is 24.3. The van der Waals surface area contributed by atoms with Gasteiger partial charge in [0.25, 0.3) is 0 Å². The van der Waals surface area contributed by atoms with Crippen LogP contribution in [0.4, 0.5) is 5.82 Å². The number of nitrogen functional groups attached to an aromatic ring is 1. The zero-order valence-corrected chi connectivity index (χ0v) is 18.2. The van der Waals surface area contributed by atoms with E-state index >= 15 is 0 Å². The SMILES string of the molecule is CO[C@@H]1C[C@@H](COP(=O)(O)OP(=O)(O)OP(=O)(O)O)O[C@H]1n1cnc2c(N)ncnc21. The fourth-order valence-corrected chi connectivity index (χ4v) is 5.87. The molecule has 2 unspecified atom stereocenters. The first-order valence-electron chi connectivity index (χ1n) is 8.20. The van der Waals surface area contributed by atoms with Gasteiger partial charge in [-0.05, 0) is 0 Å². The van der Waals surface area contributed by atoms with Crippen molar-refractivity contribution in [2.24, 2.45) is 0 Å². The summed E-state index contributed by atoms with van der Waals surface area (Å²) in [6.45, 7) is -0.607.